The second-order valence-corrected chi connectivity index (χ2v) is 3.72. The molecule has 0 radical (unpaired) electrons. The maximum atomic E-state index is 12.4. The Hall–Kier alpha value is -1.36. The Morgan fingerprint density at radius 3 is 2.60 bits per heavy atom. The fourth-order valence-corrected chi connectivity index (χ4v) is 1.82. The Bertz CT molecular complexity index is 448. The molecule has 5 heteroatoms. The van der Waals surface area contributed by atoms with E-state index < -0.39 is 11.7 Å². The third-order valence-electron chi connectivity index (χ3n) is 1.90. The SMILES string of the molecule is FC(F)(F)c1ccnc(-c2ccsc2)c1. The zero-order valence-electron chi connectivity index (χ0n) is 7.45. The van der Waals surface area contributed by atoms with E-state index in [0.29, 0.717) is 11.3 Å². The van der Waals surface area contributed by atoms with E-state index in [9.17, 15) is 13.2 Å². The van der Waals surface area contributed by atoms with Gasteiger partial charge >= 0.3 is 6.18 Å². The smallest absolute Gasteiger partial charge is 0.256 e. The van der Waals surface area contributed by atoms with Crippen LogP contribution >= 0.6 is 11.3 Å². The first-order valence-corrected chi connectivity index (χ1v) is 5.07. The predicted molar refractivity (Wildman–Crippen MR) is 52.6 cm³/mol. The molecule has 78 valence electrons. The number of rotatable bonds is 1. The number of nitrogens with zero attached hydrogens (tertiary/aromatic N) is 1. The molecule has 2 aromatic rings. The van der Waals surface area contributed by atoms with Gasteiger partial charge in [-0.2, -0.15) is 24.5 Å². The van der Waals surface area contributed by atoms with E-state index in [1.807, 2.05) is 0 Å². The lowest BCUT2D eigenvalue weighted by Crippen LogP contribution is -2.05. The van der Waals surface area contributed by atoms with Crippen molar-refractivity contribution in [3.05, 3.63) is 40.7 Å². The zero-order chi connectivity index (χ0) is 10.9. The van der Waals surface area contributed by atoms with Crippen LogP contribution in [-0.2, 0) is 6.18 Å². The second-order valence-electron chi connectivity index (χ2n) is 2.94. The van der Waals surface area contributed by atoms with Gasteiger partial charge < -0.3 is 0 Å². The highest BCUT2D eigenvalue weighted by atomic mass is 32.1. The largest absolute Gasteiger partial charge is 0.416 e. The van der Waals surface area contributed by atoms with Crippen LogP contribution in [0.2, 0.25) is 0 Å². The average Bonchev–Trinajstić information content (AvgIpc) is 2.69. The van der Waals surface area contributed by atoms with Gasteiger partial charge in [0.2, 0.25) is 0 Å². The number of hydrogen-bond donors (Lipinski definition) is 0. The van der Waals surface area contributed by atoms with E-state index >= 15 is 0 Å². The molecule has 2 heterocycles. The number of pyridine rings is 1. The molecule has 0 aliphatic carbocycles. The van der Waals surface area contributed by atoms with E-state index in [-0.39, 0.29) is 0 Å². The third-order valence-corrected chi connectivity index (χ3v) is 2.59. The summed E-state index contributed by atoms with van der Waals surface area (Å²) < 4.78 is 37.2. The molecule has 0 fully saturated rings. The topological polar surface area (TPSA) is 12.9 Å². The molecule has 2 aromatic heterocycles. The molecule has 0 aliphatic rings. The summed E-state index contributed by atoms with van der Waals surface area (Å²) in [6.07, 6.45) is -3.14. The Labute approximate surface area is 88.2 Å². The number of halogens is 3. The van der Waals surface area contributed by atoms with Gasteiger partial charge in [-0.05, 0) is 23.6 Å². The van der Waals surface area contributed by atoms with Crippen LogP contribution in [0.5, 0.6) is 0 Å². The van der Waals surface area contributed by atoms with Crippen LogP contribution in [-0.4, -0.2) is 4.98 Å². The van der Waals surface area contributed by atoms with Crippen molar-refractivity contribution in [1.29, 1.82) is 0 Å². The van der Waals surface area contributed by atoms with Gasteiger partial charge in [-0.1, -0.05) is 0 Å². The highest BCUT2D eigenvalue weighted by Gasteiger charge is 2.30. The standard InChI is InChI=1S/C10H6F3NS/c11-10(12,13)8-1-3-14-9(5-8)7-2-4-15-6-7/h1-6H. The molecule has 0 unspecified atom stereocenters. The van der Waals surface area contributed by atoms with Crippen LogP contribution in [0.3, 0.4) is 0 Å². The van der Waals surface area contributed by atoms with Gasteiger partial charge in [0.15, 0.2) is 0 Å². The highest BCUT2D eigenvalue weighted by molar-refractivity contribution is 7.08. The quantitative estimate of drug-likeness (QED) is 0.724. The number of hydrogen-bond acceptors (Lipinski definition) is 2. The van der Waals surface area contributed by atoms with Crippen molar-refractivity contribution in [2.75, 3.05) is 0 Å². The molecular formula is C10H6F3NS. The van der Waals surface area contributed by atoms with E-state index in [0.717, 1.165) is 12.1 Å². The summed E-state index contributed by atoms with van der Waals surface area (Å²) in [5.74, 6) is 0. The van der Waals surface area contributed by atoms with E-state index in [1.54, 1.807) is 16.8 Å². The molecule has 0 atom stereocenters. The van der Waals surface area contributed by atoms with Gasteiger partial charge in [0.25, 0.3) is 0 Å². The summed E-state index contributed by atoms with van der Waals surface area (Å²) in [6.45, 7) is 0. The van der Waals surface area contributed by atoms with Gasteiger partial charge in [0, 0.05) is 17.1 Å². The van der Waals surface area contributed by atoms with Crippen molar-refractivity contribution in [2.45, 2.75) is 6.18 Å². The van der Waals surface area contributed by atoms with Crippen LogP contribution in [0.15, 0.2) is 35.2 Å². The Kier molecular flexibility index (Phi) is 2.48. The molecule has 0 spiro atoms. The summed E-state index contributed by atoms with van der Waals surface area (Å²) in [5, 5.41) is 3.57. The van der Waals surface area contributed by atoms with Crippen LogP contribution in [0.1, 0.15) is 5.56 Å². The van der Waals surface area contributed by atoms with Crippen molar-refractivity contribution < 1.29 is 13.2 Å². The third kappa shape index (κ3) is 2.18. The molecule has 15 heavy (non-hydrogen) atoms. The summed E-state index contributed by atoms with van der Waals surface area (Å²) >= 11 is 1.43. The van der Waals surface area contributed by atoms with Crippen LogP contribution in [0.4, 0.5) is 13.2 Å². The number of alkyl halides is 3. The average molecular weight is 229 g/mol. The van der Waals surface area contributed by atoms with Gasteiger partial charge in [-0.3, -0.25) is 4.98 Å². The fourth-order valence-electron chi connectivity index (χ4n) is 1.17. The zero-order valence-corrected chi connectivity index (χ0v) is 8.27. The lowest BCUT2D eigenvalue weighted by Gasteiger charge is -2.06. The van der Waals surface area contributed by atoms with Crippen molar-refractivity contribution in [2.24, 2.45) is 0 Å². The number of aromatic nitrogens is 1. The molecule has 0 saturated carbocycles. The van der Waals surface area contributed by atoms with Crippen molar-refractivity contribution in [1.82, 2.24) is 4.98 Å². The highest BCUT2D eigenvalue weighted by Crippen LogP contribution is 2.31. The predicted octanol–water partition coefficient (Wildman–Crippen LogP) is 3.83. The van der Waals surface area contributed by atoms with Crippen LogP contribution < -0.4 is 0 Å². The second kappa shape index (κ2) is 3.66. The first-order chi connectivity index (χ1) is 7.07. The molecule has 1 nitrogen and oxygen atoms in total. The first kappa shape index (κ1) is 10.2. The maximum Gasteiger partial charge on any atom is 0.416 e. The minimum Gasteiger partial charge on any atom is -0.256 e. The minimum absolute atomic E-state index is 0.353. The fraction of sp³-hybridized carbons (Fsp3) is 0.100. The Balaban J connectivity index is 2.44. The van der Waals surface area contributed by atoms with E-state index in [1.165, 1.54) is 17.5 Å². The summed E-state index contributed by atoms with van der Waals surface area (Å²) in [6, 6.07) is 3.77. The monoisotopic (exact) mass is 229 g/mol. The summed E-state index contributed by atoms with van der Waals surface area (Å²) in [4.78, 5) is 3.90. The number of thiophene rings is 1. The molecule has 0 amide bonds. The molecule has 0 aromatic carbocycles. The minimum atomic E-state index is -4.31. The lowest BCUT2D eigenvalue weighted by atomic mass is 10.1. The Morgan fingerprint density at radius 2 is 2.00 bits per heavy atom. The molecule has 0 aliphatic heterocycles. The van der Waals surface area contributed by atoms with Crippen LogP contribution in [0, 0.1) is 0 Å². The molecular weight excluding hydrogens is 223 g/mol. The van der Waals surface area contributed by atoms with E-state index in [2.05, 4.69) is 4.98 Å². The van der Waals surface area contributed by atoms with Gasteiger partial charge in [0.05, 0.1) is 11.3 Å². The van der Waals surface area contributed by atoms with Crippen molar-refractivity contribution >= 4 is 11.3 Å². The first-order valence-electron chi connectivity index (χ1n) is 4.13. The summed E-state index contributed by atoms with van der Waals surface area (Å²) in [5.41, 5.74) is 0.399. The van der Waals surface area contributed by atoms with Crippen LogP contribution in [0.25, 0.3) is 11.3 Å². The Morgan fingerprint density at radius 1 is 1.20 bits per heavy atom. The maximum absolute atomic E-state index is 12.4. The van der Waals surface area contributed by atoms with Gasteiger partial charge in [-0.15, -0.1) is 0 Å². The molecule has 0 bridgehead atoms. The van der Waals surface area contributed by atoms with Crippen molar-refractivity contribution in [3.63, 3.8) is 0 Å². The summed E-state index contributed by atoms with van der Waals surface area (Å²) in [7, 11) is 0. The lowest BCUT2D eigenvalue weighted by molar-refractivity contribution is -0.137. The molecule has 0 N–H and O–H groups in total. The normalized spacial score (nSPS) is 11.7. The van der Waals surface area contributed by atoms with Gasteiger partial charge in [-0.25, -0.2) is 0 Å². The van der Waals surface area contributed by atoms with Gasteiger partial charge in [0.1, 0.15) is 0 Å². The van der Waals surface area contributed by atoms with E-state index in [4.69, 9.17) is 0 Å². The molecule has 2 rings (SSSR count). The van der Waals surface area contributed by atoms with Crippen molar-refractivity contribution in [3.8, 4) is 11.3 Å². The molecule has 0 saturated heterocycles.